The maximum Gasteiger partial charge on any atom is 0.258 e. The Morgan fingerprint density at radius 3 is 2.86 bits per heavy atom. The summed E-state index contributed by atoms with van der Waals surface area (Å²) in [6.45, 7) is 2.13. The average Bonchev–Trinajstić information content (AvgIpc) is 3.26. The lowest BCUT2D eigenvalue weighted by Crippen LogP contribution is -2.35. The van der Waals surface area contributed by atoms with Gasteiger partial charge in [0.1, 0.15) is 17.1 Å². The molecule has 1 aromatic carbocycles. The van der Waals surface area contributed by atoms with Gasteiger partial charge in [0.05, 0.1) is 19.3 Å². The van der Waals surface area contributed by atoms with Crippen LogP contribution in [-0.2, 0) is 0 Å². The van der Waals surface area contributed by atoms with E-state index in [9.17, 15) is 9.90 Å². The zero-order chi connectivity index (χ0) is 15.0. The third-order valence-electron chi connectivity index (χ3n) is 3.87. The molecular weight excluding hydrogens is 270 g/mol. The standard InChI is InChI=1S/C16H19NO4/c1-10-15(16(19)17(7-8-18)11-3-4-11)13-9-12(20-2)5-6-14(13)21-10/h5-6,9,11,18H,3-4,7-8H2,1-2H3. The lowest BCUT2D eigenvalue weighted by Gasteiger charge is -2.21. The van der Waals surface area contributed by atoms with Gasteiger partial charge in [-0.15, -0.1) is 0 Å². The monoisotopic (exact) mass is 289 g/mol. The predicted octanol–water partition coefficient (Wildman–Crippen LogP) is 2.35. The van der Waals surface area contributed by atoms with Gasteiger partial charge in [-0.25, -0.2) is 0 Å². The molecule has 1 aliphatic rings. The summed E-state index contributed by atoms with van der Waals surface area (Å²) in [5.74, 6) is 1.22. The van der Waals surface area contributed by atoms with Gasteiger partial charge in [0.2, 0.25) is 0 Å². The highest BCUT2D eigenvalue weighted by Gasteiger charge is 2.34. The van der Waals surface area contributed by atoms with Crippen LogP contribution >= 0.6 is 0 Å². The van der Waals surface area contributed by atoms with Gasteiger partial charge >= 0.3 is 0 Å². The van der Waals surface area contributed by atoms with E-state index in [0.29, 0.717) is 29.2 Å². The normalized spacial score (nSPS) is 14.4. The van der Waals surface area contributed by atoms with Crippen molar-refractivity contribution in [1.29, 1.82) is 0 Å². The Labute approximate surface area is 123 Å². The first-order valence-corrected chi connectivity index (χ1v) is 7.14. The van der Waals surface area contributed by atoms with Gasteiger partial charge in [0.15, 0.2) is 0 Å². The van der Waals surface area contributed by atoms with Crippen LogP contribution in [0.15, 0.2) is 22.6 Å². The van der Waals surface area contributed by atoms with Crippen molar-refractivity contribution < 1.29 is 19.1 Å². The van der Waals surface area contributed by atoms with Crippen LogP contribution in [0.3, 0.4) is 0 Å². The van der Waals surface area contributed by atoms with Crippen molar-refractivity contribution in [3.05, 3.63) is 29.5 Å². The fourth-order valence-electron chi connectivity index (χ4n) is 2.68. The zero-order valence-corrected chi connectivity index (χ0v) is 12.3. The van der Waals surface area contributed by atoms with Gasteiger partial charge in [-0.05, 0) is 38.0 Å². The SMILES string of the molecule is COc1ccc2oc(C)c(C(=O)N(CCO)C3CC3)c2c1. The summed E-state index contributed by atoms with van der Waals surface area (Å²) in [6, 6.07) is 5.69. The van der Waals surface area contributed by atoms with Gasteiger partial charge in [-0.2, -0.15) is 0 Å². The molecule has 0 saturated heterocycles. The molecule has 3 rings (SSSR count). The summed E-state index contributed by atoms with van der Waals surface area (Å²) >= 11 is 0. The number of aliphatic hydroxyl groups excluding tert-OH is 1. The number of methoxy groups -OCH3 is 1. The van der Waals surface area contributed by atoms with Crippen LogP contribution in [0.2, 0.25) is 0 Å². The molecule has 0 atom stereocenters. The highest BCUT2D eigenvalue weighted by molar-refractivity contribution is 6.07. The number of furan rings is 1. The topological polar surface area (TPSA) is 62.9 Å². The molecule has 1 aliphatic carbocycles. The number of nitrogens with zero attached hydrogens (tertiary/aromatic N) is 1. The molecule has 1 fully saturated rings. The van der Waals surface area contributed by atoms with E-state index in [1.807, 2.05) is 18.2 Å². The zero-order valence-electron chi connectivity index (χ0n) is 12.3. The van der Waals surface area contributed by atoms with E-state index < -0.39 is 0 Å². The van der Waals surface area contributed by atoms with Crippen LogP contribution in [0.25, 0.3) is 11.0 Å². The molecule has 2 aromatic rings. The number of hydrogen-bond donors (Lipinski definition) is 1. The molecule has 1 aromatic heterocycles. The summed E-state index contributed by atoms with van der Waals surface area (Å²) in [5, 5.41) is 9.95. The number of aryl methyl sites for hydroxylation is 1. The highest BCUT2D eigenvalue weighted by atomic mass is 16.5. The van der Waals surface area contributed by atoms with Crippen molar-refractivity contribution in [2.45, 2.75) is 25.8 Å². The van der Waals surface area contributed by atoms with Crippen molar-refractivity contribution >= 4 is 16.9 Å². The summed E-state index contributed by atoms with van der Waals surface area (Å²) in [4.78, 5) is 14.6. The first-order valence-electron chi connectivity index (χ1n) is 7.14. The number of hydrogen-bond acceptors (Lipinski definition) is 4. The molecule has 21 heavy (non-hydrogen) atoms. The summed E-state index contributed by atoms with van der Waals surface area (Å²) in [7, 11) is 1.60. The quantitative estimate of drug-likeness (QED) is 0.917. The van der Waals surface area contributed by atoms with E-state index in [1.54, 1.807) is 18.9 Å². The molecule has 0 aliphatic heterocycles. The maximum atomic E-state index is 12.8. The van der Waals surface area contributed by atoms with Crippen molar-refractivity contribution in [1.82, 2.24) is 4.90 Å². The van der Waals surface area contributed by atoms with Gasteiger partial charge in [-0.1, -0.05) is 0 Å². The highest BCUT2D eigenvalue weighted by Crippen LogP contribution is 2.33. The Bertz CT molecular complexity index is 672. The number of rotatable bonds is 5. The first kappa shape index (κ1) is 13.9. The summed E-state index contributed by atoms with van der Waals surface area (Å²) < 4.78 is 10.9. The van der Waals surface area contributed by atoms with Crippen LogP contribution in [0.5, 0.6) is 5.75 Å². The Balaban J connectivity index is 2.05. The van der Waals surface area contributed by atoms with E-state index in [2.05, 4.69) is 0 Å². The van der Waals surface area contributed by atoms with Crippen molar-refractivity contribution in [2.75, 3.05) is 20.3 Å². The Morgan fingerprint density at radius 1 is 1.48 bits per heavy atom. The van der Waals surface area contributed by atoms with Crippen LogP contribution in [0.1, 0.15) is 29.0 Å². The first-order chi connectivity index (χ1) is 10.2. The van der Waals surface area contributed by atoms with E-state index in [4.69, 9.17) is 9.15 Å². The van der Waals surface area contributed by atoms with Crippen LogP contribution in [0.4, 0.5) is 0 Å². The molecule has 5 nitrogen and oxygen atoms in total. The van der Waals surface area contributed by atoms with Gasteiger partial charge in [-0.3, -0.25) is 4.79 Å². The van der Waals surface area contributed by atoms with Gasteiger partial charge < -0.3 is 19.2 Å². The molecule has 1 amide bonds. The van der Waals surface area contributed by atoms with Crippen LogP contribution in [0, 0.1) is 6.92 Å². The number of fused-ring (bicyclic) bond motifs is 1. The third kappa shape index (κ3) is 2.49. The minimum Gasteiger partial charge on any atom is -0.497 e. The van der Waals surface area contributed by atoms with Crippen molar-refractivity contribution in [3.8, 4) is 5.75 Å². The lowest BCUT2D eigenvalue weighted by atomic mass is 10.1. The molecule has 1 heterocycles. The third-order valence-corrected chi connectivity index (χ3v) is 3.87. The number of amides is 1. The summed E-state index contributed by atoms with van der Waals surface area (Å²) in [6.07, 6.45) is 2.01. The molecule has 0 spiro atoms. The van der Waals surface area contributed by atoms with E-state index >= 15 is 0 Å². The Morgan fingerprint density at radius 2 is 2.24 bits per heavy atom. The minimum atomic E-state index is -0.0731. The molecule has 112 valence electrons. The Kier molecular flexibility index (Phi) is 3.59. The second kappa shape index (κ2) is 5.41. The van der Waals surface area contributed by atoms with Crippen molar-refractivity contribution in [3.63, 3.8) is 0 Å². The number of benzene rings is 1. The second-order valence-electron chi connectivity index (χ2n) is 5.35. The molecule has 5 heteroatoms. The number of carbonyl (C=O) groups excluding carboxylic acids is 1. The second-order valence-corrected chi connectivity index (χ2v) is 5.35. The minimum absolute atomic E-state index is 0.0274. The average molecular weight is 289 g/mol. The molecule has 1 saturated carbocycles. The number of aliphatic hydroxyl groups is 1. The fraction of sp³-hybridized carbons (Fsp3) is 0.438. The fourth-order valence-corrected chi connectivity index (χ4v) is 2.68. The summed E-state index contributed by atoms with van der Waals surface area (Å²) in [5.41, 5.74) is 1.25. The molecule has 1 N–H and O–H groups in total. The molecular formula is C16H19NO4. The smallest absolute Gasteiger partial charge is 0.258 e. The maximum absolute atomic E-state index is 12.8. The van der Waals surface area contributed by atoms with E-state index in [1.165, 1.54) is 0 Å². The number of ether oxygens (including phenoxy) is 1. The molecule has 0 bridgehead atoms. The van der Waals surface area contributed by atoms with E-state index in [-0.39, 0.29) is 18.6 Å². The Hall–Kier alpha value is -2.01. The van der Waals surface area contributed by atoms with Gasteiger partial charge in [0, 0.05) is 18.0 Å². The molecule has 0 unspecified atom stereocenters. The largest absolute Gasteiger partial charge is 0.497 e. The van der Waals surface area contributed by atoms with Crippen LogP contribution in [-0.4, -0.2) is 42.2 Å². The van der Waals surface area contributed by atoms with Gasteiger partial charge in [0.25, 0.3) is 5.91 Å². The van der Waals surface area contributed by atoms with E-state index in [0.717, 1.165) is 18.2 Å². The van der Waals surface area contributed by atoms with Crippen LogP contribution < -0.4 is 4.74 Å². The predicted molar refractivity (Wildman–Crippen MR) is 78.6 cm³/mol. The number of carbonyl (C=O) groups is 1. The molecule has 0 radical (unpaired) electrons. The van der Waals surface area contributed by atoms with Crippen molar-refractivity contribution in [2.24, 2.45) is 0 Å². The lowest BCUT2D eigenvalue weighted by molar-refractivity contribution is 0.0707.